The van der Waals surface area contributed by atoms with Gasteiger partial charge in [0.05, 0.1) is 7.11 Å². The summed E-state index contributed by atoms with van der Waals surface area (Å²) < 4.78 is 6.77. The summed E-state index contributed by atoms with van der Waals surface area (Å²) in [7, 11) is 1.60. The van der Waals surface area contributed by atoms with Gasteiger partial charge < -0.3 is 9.72 Å². The van der Waals surface area contributed by atoms with Gasteiger partial charge in [-0.2, -0.15) is 5.10 Å². The normalized spacial score (nSPS) is 10.7. The van der Waals surface area contributed by atoms with Crippen LogP contribution in [0.25, 0.3) is 16.6 Å². The molecule has 0 fully saturated rings. The number of aromatic amines is 1. The van der Waals surface area contributed by atoms with Crippen molar-refractivity contribution in [2.75, 3.05) is 7.11 Å². The van der Waals surface area contributed by atoms with Crippen LogP contribution >= 0.6 is 0 Å². The first-order chi connectivity index (χ1) is 8.78. The molecule has 0 spiro atoms. The summed E-state index contributed by atoms with van der Waals surface area (Å²) in [6, 6.07) is 9.02. The van der Waals surface area contributed by atoms with E-state index in [1.54, 1.807) is 42.4 Å². The fourth-order valence-corrected chi connectivity index (χ4v) is 1.90. The van der Waals surface area contributed by atoms with E-state index < -0.39 is 0 Å². The number of ether oxygens (including phenoxy) is 1. The van der Waals surface area contributed by atoms with Crippen LogP contribution in [0, 0.1) is 0 Å². The summed E-state index contributed by atoms with van der Waals surface area (Å²) in [5.41, 5.74) is -0.138. The van der Waals surface area contributed by atoms with Crippen molar-refractivity contribution in [1.82, 2.24) is 14.8 Å². The number of methoxy groups -OCH3 is 1. The van der Waals surface area contributed by atoms with E-state index in [1.165, 1.54) is 0 Å². The topological polar surface area (TPSA) is 59.9 Å². The number of fused-ring (bicyclic) bond motifs is 1. The molecule has 0 saturated heterocycles. The predicted molar refractivity (Wildman–Crippen MR) is 68.2 cm³/mol. The van der Waals surface area contributed by atoms with Crippen LogP contribution in [0.3, 0.4) is 0 Å². The molecule has 0 aliphatic heterocycles. The number of hydrogen-bond acceptors (Lipinski definition) is 3. The zero-order valence-electron chi connectivity index (χ0n) is 9.75. The van der Waals surface area contributed by atoms with Crippen molar-refractivity contribution < 1.29 is 4.74 Å². The van der Waals surface area contributed by atoms with Gasteiger partial charge in [0.25, 0.3) is 5.56 Å². The molecule has 0 amide bonds. The lowest BCUT2D eigenvalue weighted by atomic mass is 10.1. The Morgan fingerprint density at radius 1 is 1.33 bits per heavy atom. The van der Waals surface area contributed by atoms with Crippen molar-refractivity contribution in [3.8, 4) is 11.6 Å². The van der Waals surface area contributed by atoms with Crippen molar-refractivity contribution in [3.63, 3.8) is 0 Å². The average Bonchev–Trinajstić information content (AvgIpc) is 2.91. The zero-order chi connectivity index (χ0) is 12.5. The number of hydrogen-bond donors (Lipinski definition) is 1. The number of benzene rings is 1. The van der Waals surface area contributed by atoms with E-state index in [1.807, 2.05) is 12.1 Å². The maximum absolute atomic E-state index is 12.0. The quantitative estimate of drug-likeness (QED) is 0.743. The second-order valence-corrected chi connectivity index (χ2v) is 3.89. The fourth-order valence-electron chi connectivity index (χ4n) is 1.90. The van der Waals surface area contributed by atoms with Gasteiger partial charge in [-0.25, -0.2) is 4.68 Å². The van der Waals surface area contributed by atoms with Gasteiger partial charge in [0, 0.05) is 17.8 Å². The van der Waals surface area contributed by atoms with Gasteiger partial charge in [-0.05, 0) is 35.7 Å². The number of nitrogens with one attached hydrogen (secondary N) is 1. The van der Waals surface area contributed by atoms with E-state index in [9.17, 15) is 4.79 Å². The molecule has 3 rings (SSSR count). The molecular formula is C13H11N3O2. The molecule has 90 valence electrons. The molecule has 3 aromatic rings. The summed E-state index contributed by atoms with van der Waals surface area (Å²) in [5.74, 6) is 1.35. The van der Waals surface area contributed by atoms with Crippen LogP contribution < -0.4 is 10.3 Å². The Hall–Kier alpha value is -2.56. The molecule has 5 nitrogen and oxygen atoms in total. The molecule has 0 aliphatic carbocycles. The zero-order valence-corrected chi connectivity index (χ0v) is 9.75. The lowest BCUT2D eigenvalue weighted by Crippen LogP contribution is -2.11. The van der Waals surface area contributed by atoms with Crippen LogP contribution in [0.2, 0.25) is 0 Å². The van der Waals surface area contributed by atoms with Gasteiger partial charge in [0.2, 0.25) is 0 Å². The predicted octanol–water partition coefficient (Wildman–Crippen LogP) is 1.72. The van der Waals surface area contributed by atoms with Crippen molar-refractivity contribution in [3.05, 3.63) is 53.1 Å². The Morgan fingerprint density at radius 3 is 2.94 bits per heavy atom. The summed E-state index contributed by atoms with van der Waals surface area (Å²) in [5, 5.41) is 5.55. The Labute approximate surface area is 103 Å². The van der Waals surface area contributed by atoms with Crippen molar-refractivity contribution in [1.29, 1.82) is 0 Å². The van der Waals surface area contributed by atoms with Crippen molar-refractivity contribution in [2.24, 2.45) is 0 Å². The molecule has 5 heteroatoms. The molecule has 2 aromatic heterocycles. The molecule has 1 aromatic carbocycles. The van der Waals surface area contributed by atoms with Crippen LogP contribution in [0.15, 0.2) is 47.5 Å². The SMILES string of the molecule is COc1ccc2c(=O)[nH]c(-n3cccn3)cc2c1. The first-order valence-corrected chi connectivity index (χ1v) is 5.49. The van der Waals surface area contributed by atoms with Gasteiger partial charge >= 0.3 is 0 Å². The lowest BCUT2D eigenvalue weighted by molar-refractivity contribution is 0.415. The van der Waals surface area contributed by atoms with Crippen molar-refractivity contribution >= 4 is 10.8 Å². The molecular weight excluding hydrogens is 230 g/mol. The molecule has 1 N–H and O–H groups in total. The third-order valence-electron chi connectivity index (χ3n) is 2.79. The summed E-state index contributed by atoms with van der Waals surface area (Å²) in [6.45, 7) is 0. The van der Waals surface area contributed by atoms with Crippen LogP contribution in [0.5, 0.6) is 5.75 Å². The highest BCUT2D eigenvalue weighted by Gasteiger charge is 2.04. The van der Waals surface area contributed by atoms with E-state index >= 15 is 0 Å². The highest BCUT2D eigenvalue weighted by atomic mass is 16.5. The Bertz CT molecular complexity index is 745. The van der Waals surface area contributed by atoms with E-state index in [0.29, 0.717) is 11.2 Å². The minimum absolute atomic E-state index is 0.138. The molecule has 2 heterocycles. The Balaban J connectivity index is 2.28. The number of H-pyrrole nitrogens is 1. The highest BCUT2D eigenvalue weighted by Crippen LogP contribution is 2.19. The van der Waals surface area contributed by atoms with Gasteiger partial charge in [-0.1, -0.05) is 0 Å². The van der Waals surface area contributed by atoms with E-state index in [4.69, 9.17) is 4.74 Å². The second kappa shape index (κ2) is 4.03. The minimum Gasteiger partial charge on any atom is -0.497 e. The second-order valence-electron chi connectivity index (χ2n) is 3.89. The first-order valence-electron chi connectivity index (χ1n) is 5.49. The number of rotatable bonds is 2. The van der Waals surface area contributed by atoms with Crippen LogP contribution in [0.1, 0.15) is 0 Å². The number of pyridine rings is 1. The largest absolute Gasteiger partial charge is 0.497 e. The van der Waals surface area contributed by atoms with Crippen LogP contribution in [-0.2, 0) is 0 Å². The molecule has 18 heavy (non-hydrogen) atoms. The van der Waals surface area contributed by atoms with E-state index in [0.717, 1.165) is 11.1 Å². The van der Waals surface area contributed by atoms with Gasteiger partial charge in [-0.15, -0.1) is 0 Å². The molecule has 0 bridgehead atoms. The Kier molecular flexibility index (Phi) is 2.37. The number of aromatic nitrogens is 3. The molecule has 0 unspecified atom stereocenters. The van der Waals surface area contributed by atoms with Crippen molar-refractivity contribution in [2.45, 2.75) is 0 Å². The Morgan fingerprint density at radius 2 is 2.22 bits per heavy atom. The maximum atomic E-state index is 12.0. The summed E-state index contributed by atoms with van der Waals surface area (Å²) >= 11 is 0. The fraction of sp³-hybridized carbons (Fsp3) is 0.0769. The monoisotopic (exact) mass is 241 g/mol. The maximum Gasteiger partial charge on any atom is 0.257 e. The van der Waals surface area contributed by atoms with Crippen LogP contribution in [0.4, 0.5) is 0 Å². The molecule has 0 atom stereocenters. The lowest BCUT2D eigenvalue weighted by Gasteiger charge is -2.05. The number of nitrogens with zero attached hydrogens (tertiary/aromatic N) is 2. The van der Waals surface area contributed by atoms with Gasteiger partial charge in [0.1, 0.15) is 11.6 Å². The summed E-state index contributed by atoms with van der Waals surface area (Å²) in [6.07, 6.45) is 3.44. The first kappa shape index (κ1) is 10.6. The summed E-state index contributed by atoms with van der Waals surface area (Å²) in [4.78, 5) is 14.8. The van der Waals surface area contributed by atoms with E-state index in [-0.39, 0.29) is 5.56 Å². The van der Waals surface area contributed by atoms with Gasteiger partial charge in [-0.3, -0.25) is 4.79 Å². The van der Waals surface area contributed by atoms with Crippen LogP contribution in [-0.4, -0.2) is 21.9 Å². The average molecular weight is 241 g/mol. The third-order valence-corrected chi connectivity index (χ3v) is 2.79. The molecule has 0 radical (unpaired) electrons. The smallest absolute Gasteiger partial charge is 0.257 e. The minimum atomic E-state index is -0.138. The molecule has 0 saturated carbocycles. The standard InChI is InChI=1S/C13H11N3O2/c1-18-10-3-4-11-9(7-10)8-12(15-13(11)17)16-6-2-5-14-16/h2-8H,1H3,(H,15,17). The van der Waals surface area contributed by atoms with E-state index in [2.05, 4.69) is 10.1 Å². The molecule has 0 aliphatic rings. The third kappa shape index (κ3) is 1.66. The van der Waals surface area contributed by atoms with Gasteiger partial charge in [0.15, 0.2) is 0 Å². The highest BCUT2D eigenvalue weighted by molar-refractivity contribution is 5.84.